The summed E-state index contributed by atoms with van der Waals surface area (Å²) in [6.45, 7) is 6.24. The van der Waals surface area contributed by atoms with Crippen molar-refractivity contribution in [2.45, 2.75) is 32.2 Å². The second kappa shape index (κ2) is 8.64. The fourth-order valence-electron chi connectivity index (χ4n) is 4.45. The van der Waals surface area contributed by atoms with Crippen LogP contribution in [0, 0.1) is 5.82 Å². The molecule has 7 heteroatoms. The number of hydrogen-bond donors (Lipinski definition) is 1. The molecule has 5 rings (SSSR count). The first-order valence-corrected chi connectivity index (χ1v) is 11.8. The minimum absolute atomic E-state index is 0.000787. The van der Waals surface area contributed by atoms with Gasteiger partial charge in [-0.15, -0.1) is 0 Å². The number of carbonyl (C=O) groups excluding carboxylic acids is 2. The summed E-state index contributed by atoms with van der Waals surface area (Å²) in [6, 6.07) is 19.1. The molecular weight excluding hydrogens is 481 g/mol. The van der Waals surface area contributed by atoms with Crippen LogP contribution in [0.3, 0.4) is 0 Å². The zero-order chi connectivity index (χ0) is 25.8. The molecule has 0 saturated carbocycles. The molecule has 182 valence electrons. The van der Waals surface area contributed by atoms with Crippen LogP contribution >= 0.6 is 11.6 Å². The van der Waals surface area contributed by atoms with Gasteiger partial charge in [-0.2, -0.15) is 0 Å². The van der Waals surface area contributed by atoms with E-state index in [1.807, 2.05) is 30.3 Å². The van der Waals surface area contributed by atoms with Gasteiger partial charge in [-0.05, 0) is 46.9 Å². The van der Waals surface area contributed by atoms with Gasteiger partial charge >= 0.3 is 0 Å². The van der Waals surface area contributed by atoms with E-state index >= 15 is 0 Å². The Kier molecular flexibility index (Phi) is 5.72. The number of furan rings is 1. The average molecular weight is 504 g/mol. The van der Waals surface area contributed by atoms with Gasteiger partial charge in [0.2, 0.25) is 5.78 Å². The SMILES string of the molecule is CC(C)(C)c1ccc(C2C(C(=O)c3cc4ccccc4o3)=C(O)C(=O)N2c2ccc(F)c(Cl)c2)cc1. The fourth-order valence-corrected chi connectivity index (χ4v) is 4.62. The van der Waals surface area contributed by atoms with E-state index in [0.29, 0.717) is 11.1 Å². The number of hydrogen-bond acceptors (Lipinski definition) is 4. The molecule has 3 aromatic carbocycles. The maximum Gasteiger partial charge on any atom is 0.294 e. The van der Waals surface area contributed by atoms with Crippen LogP contribution in [0.1, 0.15) is 48.5 Å². The number of rotatable bonds is 4. The number of ketones is 1. The summed E-state index contributed by atoms with van der Waals surface area (Å²) in [5.74, 6) is -2.74. The Hall–Kier alpha value is -3.90. The third kappa shape index (κ3) is 3.97. The highest BCUT2D eigenvalue weighted by Gasteiger charge is 2.45. The number of anilines is 1. The molecule has 2 heterocycles. The molecular formula is C29H23ClFNO4. The highest BCUT2D eigenvalue weighted by atomic mass is 35.5. The van der Waals surface area contributed by atoms with Crippen molar-refractivity contribution in [2.75, 3.05) is 4.90 Å². The number of fused-ring (bicyclic) bond motifs is 1. The largest absolute Gasteiger partial charge is 0.503 e. The third-order valence-electron chi connectivity index (χ3n) is 6.38. The number of para-hydroxylation sites is 1. The van der Waals surface area contributed by atoms with Crippen LogP contribution in [0.25, 0.3) is 11.0 Å². The van der Waals surface area contributed by atoms with Crippen molar-refractivity contribution in [2.24, 2.45) is 0 Å². The number of nitrogens with zero attached hydrogens (tertiary/aromatic N) is 1. The minimum atomic E-state index is -0.978. The maximum atomic E-state index is 13.9. The van der Waals surface area contributed by atoms with Crippen molar-refractivity contribution in [1.82, 2.24) is 0 Å². The summed E-state index contributed by atoms with van der Waals surface area (Å²) >= 11 is 6.01. The molecule has 0 radical (unpaired) electrons. The molecule has 1 aromatic heterocycles. The van der Waals surface area contributed by atoms with Crippen LogP contribution in [0.2, 0.25) is 5.02 Å². The first-order chi connectivity index (χ1) is 17.1. The molecule has 0 saturated heterocycles. The van der Waals surface area contributed by atoms with E-state index in [-0.39, 0.29) is 27.5 Å². The van der Waals surface area contributed by atoms with Gasteiger partial charge in [-0.1, -0.05) is 74.8 Å². The summed E-state index contributed by atoms with van der Waals surface area (Å²) in [5.41, 5.74) is 2.18. The molecule has 1 N–H and O–H groups in total. The van der Waals surface area contributed by atoms with E-state index in [9.17, 15) is 19.1 Å². The number of aliphatic hydroxyl groups excluding tert-OH is 1. The molecule has 1 unspecified atom stereocenters. The first kappa shape index (κ1) is 23.8. The van der Waals surface area contributed by atoms with Gasteiger partial charge < -0.3 is 9.52 Å². The minimum Gasteiger partial charge on any atom is -0.503 e. The molecule has 0 spiro atoms. The van der Waals surface area contributed by atoms with E-state index in [1.54, 1.807) is 24.3 Å². The molecule has 1 aliphatic heterocycles. The molecule has 0 fully saturated rings. The first-order valence-electron chi connectivity index (χ1n) is 11.4. The van der Waals surface area contributed by atoms with Gasteiger partial charge in [-0.25, -0.2) is 4.39 Å². The van der Waals surface area contributed by atoms with Crippen LogP contribution in [-0.4, -0.2) is 16.8 Å². The quantitative estimate of drug-likeness (QED) is 0.296. The number of carbonyl (C=O) groups is 2. The van der Waals surface area contributed by atoms with Crippen molar-refractivity contribution in [1.29, 1.82) is 0 Å². The van der Waals surface area contributed by atoms with Crippen molar-refractivity contribution in [3.8, 4) is 0 Å². The molecule has 0 bridgehead atoms. The lowest BCUT2D eigenvalue weighted by atomic mass is 9.85. The van der Waals surface area contributed by atoms with Gasteiger partial charge in [-0.3, -0.25) is 14.5 Å². The van der Waals surface area contributed by atoms with Crippen molar-refractivity contribution < 1.29 is 23.5 Å². The molecule has 1 aliphatic rings. The lowest BCUT2D eigenvalue weighted by molar-refractivity contribution is -0.117. The Morgan fingerprint density at radius 3 is 2.36 bits per heavy atom. The van der Waals surface area contributed by atoms with Crippen LogP contribution in [0.15, 0.2) is 88.5 Å². The van der Waals surface area contributed by atoms with E-state index in [2.05, 4.69) is 20.8 Å². The molecule has 1 atom stereocenters. The van der Waals surface area contributed by atoms with E-state index in [0.717, 1.165) is 17.0 Å². The summed E-state index contributed by atoms with van der Waals surface area (Å²) < 4.78 is 19.7. The standard InChI is InChI=1S/C29H23ClFNO4/c1-29(2,3)18-10-8-16(9-11-18)25-24(26(33)23-14-17-6-4-5-7-22(17)36-23)27(34)28(35)32(25)19-12-13-21(31)20(30)15-19/h4-15,25,34H,1-3H3. The second-order valence-electron chi connectivity index (χ2n) is 9.79. The average Bonchev–Trinajstić information content (AvgIpc) is 3.39. The van der Waals surface area contributed by atoms with Crippen LogP contribution < -0.4 is 4.90 Å². The second-order valence-corrected chi connectivity index (χ2v) is 10.2. The van der Waals surface area contributed by atoms with E-state index < -0.39 is 29.3 Å². The number of Topliss-reactive ketones (excluding diaryl/α,β-unsaturated/α-hetero) is 1. The van der Waals surface area contributed by atoms with Crippen LogP contribution in [-0.2, 0) is 10.2 Å². The normalized spacial score (nSPS) is 16.3. The maximum absolute atomic E-state index is 13.9. The van der Waals surface area contributed by atoms with Gasteiger partial charge in [0.05, 0.1) is 16.6 Å². The summed E-state index contributed by atoms with van der Waals surface area (Å²) in [5, 5.41) is 11.5. The van der Waals surface area contributed by atoms with Gasteiger partial charge in [0.15, 0.2) is 11.5 Å². The zero-order valence-corrected chi connectivity index (χ0v) is 20.6. The van der Waals surface area contributed by atoms with E-state index in [4.69, 9.17) is 16.0 Å². The number of benzene rings is 3. The smallest absolute Gasteiger partial charge is 0.294 e. The van der Waals surface area contributed by atoms with Gasteiger partial charge in [0, 0.05) is 11.1 Å². The van der Waals surface area contributed by atoms with Gasteiger partial charge in [0.1, 0.15) is 11.4 Å². The zero-order valence-electron chi connectivity index (χ0n) is 19.9. The molecule has 0 aliphatic carbocycles. The Bertz CT molecular complexity index is 1510. The highest BCUT2D eigenvalue weighted by molar-refractivity contribution is 6.31. The Balaban J connectivity index is 1.66. The number of amides is 1. The summed E-state index contributed by atoms with van der Waals surface area (Å²) in [7, 11) is 0. The fraction of sp³-hybridized carbons (Fsp3) is 0.172. The van der Waals surface area contributed by atoms with E-state index in [1.165, 1.54) is 17.0 Å². The summed E-state index contributed by atoms with van der Waals surface area (Å²) in [4.78, 5) is 28.3. The topological polar surface area (TPSA) is 70.7 Å². The number of aliphatic hydroxyl groups is 1. The highest BCUT2D eigenvalue weighted by Crippen LogP contribution is 2.43. The lowest BCUT2D eigenvalue weighted by Gasteiger charge is -2.28. The summed E-state index contributed by atoms with van der Waals surface area (Å²) in [6.07, 6.45) is 0. The molecule has 1 amide bonds. The Morgan fingerprint density at radius 2 is 1.72 bits per heavy atom. The Labute approximate surface area is 212 Å². The number of halogens is 2. The molecule has 4 aromatic rings. The lowest BCUT2D eigenvalue weighted by Crippen LogP contribution is -2.31. The van der Waals surface area contributed by atoms with Crippen molar-refractivity contribution >= 4 is 39.9 Å². The third-order valence-corrected chi connectivity index (χ3v) is 6.67. The Morgan fingerprint density at radius 1 is 1.03 bits per heavy atom. The van der Waals surface area contributed by atoms with Crippen molar-refractivity contribution in [3.05, 3.63) is 112 Å². The predicted molar refractivity (Wildman–Crippen MR) is 137 cm³/mol. The van der Waals surface area contributed by atoms with Crippen LogP contribution in [0.5, 0.6) is 0 Å². The predicted octanol–water partition coefficient (Wildman–Crippen LogP) is 7.31. The molecule has 5 nitrogen and oxygen atoms in total. The van der Waals surface area contributed by atoms with Crippen LogP contribution in [0.4, 0.5) is 10.1 Å². The van der Waals surface area contributed by atoms with Gasteiger partial charge in [0.25, 0.3) is 5.91 Å². The van der Waals surface area contributed by atoms with Crippen molar-refractivity contribution in [3.63, 3.8) is 0 Å². The monoisotopic (exact) mass is 503 g/mol. The molecule has 36 heavy (non-hydrogen) atoms.